The van der Waals surface area contributed by atoms with Crippen molar-refractivity contribution >= 4 is 23.4 Å². The average Bonchev–Trinajstić information content (AvgIpc) is 3.30. The van der Waals surface area contributed by atoms with Gasteiger partial charge in [-0.25, -0.2) is 4.98 Å². The van der Waals surface area contributed by atoms with Crippen LogP contribution in [-0.2, 0) is 0 Å². The van der Waals surface area contributed by atoms with Gasteiger partial charge in [0.25, 0.3) is 5.91 Å². The topological polar surface area (TPSA) is 83.7 Å². The zero-order valence-electron chi connectivity index (χ0n) is 16.2. The molecule has 8 heteroatoms. The summed E-state index contributed by atoms with van der Waals surface area (Å²) in [6.07, 6.45) is 3.25. The molecule has 1 N–H and O–H groups in total. The first-order chi connectivity index (χ1) is 14.2. The van der Waals surface area contributed by atoms with Crippen LogP contribution in [0.15, 0.2) is 59.3 Å². The zero-order chi connectivity index (χ0) is 20.1. The molecule has 1 fully saturated rings. The molecule has 2 aromatic heterocycles. The largest absolute Gasteiger partial charge is 0.494 e. The number of aromatic nitrogens is 2. The minimum atomic E-state index is -0.0739. The zero-order valence-corrected chi connectivity index (χ0v) is 16.2. The number of amides is 1. The van der Waals surface area contributed by atoms with Crippen molar-refractivity contribution in [2.24, 2.45) is 0 Å². The van der Waals surface area contributed by atoms with Crippen LogP contribution in [0.5, 0.6) is 5.75 Å². The Morgan fingerprint density at radius 3 is 2.62 bits per heavy atom. The van der Waals surface area contributed by atoms with Crippen molar-refractivity contribution in [1.82, 2.24) is 14.9 Å². The smallest absolute Gasteiger partial charge is 0.289 e. The Bertz CT molecular complexity index is 935. The van der Waals surface area contributed by atoms with Crippen molar-refractivity contribution < 1.29 is 13.9 Å². The molecule has 0 bridgehead atoms. The van der Waals surface area contributed by atoms with Crippen LogP contribution < -0.4 is 15.0 Å². The number of nitrogens with one attached hydrogen (secondary N) is 1. The molecule has 0 atom stereocenters. The lowest BCUT2D eigenvalue weighted by molar-refractivity contribution is 0.0714. The Morgan fingerprint density at radius 2 is 1.93 bits per heavy atom. The first kappa shape index (κ1) is 18.8. The molecule has 1 amide bonds. The molecular weight excluding hydrogens is 370 g/mol. The number of benzene rings is 1. The van der Waals surface area contributed by atoms with Crippen molar-refractivity contribution in [1.29, 1.82) is 0 Å². The number of carbonyl (C=O) groups excluding carboxylic acids is 1. The first-order valence-corrected chi connectivity index (χ1v) is 9.63. The number of piperazine rings is 1. The van der Waals surface area contributed by atoms with Crippen LogP contribution in [0.25, 0.3) is 0 Å². The van der Waals surface area contributed by atoms with Gasteiger partial charge in [0.15, 0.2) is 5.76 Å². The minimum Gasteiger partial charge on any atom is -0.494 e. The van der Waals surface area contributed by atoms with Gasteiger partial charge in [-0.05, 0) is 49.4 Å². The van der Waals surface area contributed by atoms with E-state index in [1.54, 1.807) is 23.2 Å². The average molecular weight is 393 g/mol. The van der Waals surface area contributed by atoms with Gasteiger partial charge in [0.2, 0.25) is 5.95 Å². The van der Waals surface area contributed by atoms with Gasteiger partial charge in [0.1, 0.15) is 11.6 Å². The number of hydrogen-bond acceptors (Lipinski definition) is 7. The summed E-state index contributed by atoms with van der Waals surface area (Å²) in [5.74, 6) is 2.49. The molecule has 1 aliphatic rings. The highest BCUT2D eigenvalue weighted by Crippen LogP contribution is 2.20. The van der Waals surface area contributed by atoms with Gasteiger partial charge < -0.3 is 24.3 Å². The molecule has 1 saturated heterocycles. The first-order valence-electron chi connectivity index (χ1n) is 9.63. The van der Waals surface area contributed by atoms with Gasteiger partial charge in [-0.1, -0.05) is 0 Å². The second-order valence-corrected chi connectivity index (χ2v) is 6.58. The summed E-state index contributed by atoms with van der Waals surface area (Å²) in [6.45, 7) is 5.23. The summed E-state index contributed by atoms with van der Waals surface area (Å²) in [7, 11) is 0. The van der Waals surface area contributed by atoms with Gasteiger partial charge in [-0.15, -0.1) is 0 Å². The van der Waals surface area contributed by atoms with E-state index >= 15 is 0 Å². The van der Waals surface area contributed by atoms with E-state index in [1.807, 2.05) is 37.3 Å². The van der Waals surface area contributed by atoms with Gasteiger partial charge in [-0.3, -0.25) is 4.79 Å². The third-order valence-electron chi connectivity index (χ3n) is 4.69. The molecule has 4 rings (SSSR count). The van der Waals surface area contributed by atoms with Gasteiger partial charge in [-0.2, -0.15) is 4.98 Å². The van der Waals surface area contributed by atoms with Crippen molar-refractivity contribution in [2.75, 3.05) is 43.0 Å². The van der Waals surface area contributed by atoms with E-state index in [0.717, 1.165) is 17.3 Å². The minimum absolute atomic E-state index is 0.0739. The van der Waals surface area contributed by atoms with Crippen LogP contribution in [0, 0.1) is 0 Å². The highest BCUT2D eigenvalue weighted by molar-refractivity contribution is 5.91. The Morgan fingerprint density at radius 1 is 1.14 bits per heavy atom. The molecule has 150 valence electrons. The lowest BCUT2D eigenvalue weighted by Crippen LogP contribution is -2.49. The Hall–Kier alpha value is -3.55. The summed E-state index contributed by atoms with van der Waals surface area (Å²) in [4.78, 5) is 25.3. The standard InChI is InChI=1S/C21H23N5O3/c1-2-28-17-7-5-16(6-8-17)23-21-22-10-9-19(24-21)25-11-13-26(14-12-25)20(27)18-4-3-15-29-18/h3-10,15H,2,11-14H2,1H3,(H,22,23,24). The molecule has 0 aliphatic carbocycles. The summed E-state index contributed by atoms with van der Waals surface area (Å²) >= 11 is 0. The van der Waals surface area contributed by atoms with E-state index in [0.29, 0.717) is 44.5 Å². The van der Waals surface area contributed by atoms with Gasteiger partial charge >= 0.3 is 0 Å². The summed E-state index contributed by atoms with van der Waals surface area (Å²) in [5.41, 5.74) is 0.888. The lowest BCUT2D eigenvalue weighted by Gasteiger charge is -2.35. The van der Waals surface area contributed by atoms with Gasteiger partial charge in [0.05, 0.1) is 12.9 Å². The molecule has 29 heavy (non-hydrogen) atoms. The van der Waals surface area contributed by atoms with Crippen LogP contribution in [0.2, 0.25) is 0 Å². The number of ether oxygens (including phenoxy) is 1. The van der Waals surface area contributed by atoms with Crippen LogP contribution in [0.4, 0.5) is 17.5 Å². The molecule has 0 unspecified atom stereocenters. The fourth-order valence-corrected chi connectivity index (χ4v) is 3.21. The van der Waals surface area contributed by atoms with Gasteiger partial charge in [0, 0.05) is 38.1 Å². The molecule has 3 heterocycles. The highest BCUT2D eigenvalue weighted by atomic mass is 16.5. The molecule has 3 aromatic rings. The van der Waals surface area contributed by atoms with E-state index in [4.69, 9.17) is 9.15 Å². The van der Waals surface area contributed by atoms with E-state index < -0.39 is 0 Å². The van der Waals surface area contributed by atoms with Crippen molar-refractivity contribution in [3.8, 4) is 5.75 Å². The molecule has 1 aliphatic heterocycles. The predicted molar refractivity (Wildman–Crippen MR) is 110 cm³/mol. The van der Waals surface area contributed by atoms with Crippen molar-refractivity contribution in [3.63, 3.8) is 0 Å². The monoisotopic (exact) mass is 393 g/mol. The third-order valence-corrected chi connectivity index (χ3v) is 4.69. The Labute approximate surface area is 169 Å². The SMILES string of the molecule is CCOc1ccc(Nc2nccc(N3CCN(C(=O)c4ccco4)CC3)n2)cc1. The van der Waals surface area contributed by atoms with E-state index in [2.05, 4.69) is 20.2 Å². The molecule has 0 radical (unpaired) electrons. The van der Waals surface area contributed by atoms with Crippen LogP contribution in [0.1, 0.15) is 17.5 Å². The molecule has 1 aromatic carbocycles. The maximum absolute atomic E-state index is 12.4. The van der Waals surface area contributed by atoms with Crippen molar-refractivity contribution in [2.45, 2.75) is 6.92 Å². The van der Waals surface area contributed by atoms with Crippen molar-refractivity contribution in [3.05, 3.63) is 60.7 Å². The molecular formula is C21H23N5O3. The fourth-order valence-electron chi connectivity index (χ4n) is 3.21. The van der Waals surface area contributed by atoms with E-state index in [1.165, 1.54) is 6.26 Å². The van der Waals surface area contributed by atoms with E-state index in [9.17, 15) is 4.79 Å². The van der Waals surface area contributed by atoms with E-state index in [-0.39, 0.29) is 5.91 Å². The highest BCUT2D eigenvalue weighted by Gasteiger charge is 2.24. The van der Waals surface area contributed by atoms with Crippen LogP contribution in [0.3, 0.4) is 0 Å². The maximum atomic E-state index is 12.4. The number of hydrogen-bond donors (Lipinski definition) is 1. The van der Waals surface area contributed by atoms with Crippen LogP contribution >= 0.6 is 0 Å². The number of anilines is 3. The fraction of sp³-hybridized carbons (Fsp3) is 0.286. The number of nitrogens with zero attached hydrogens (tertiary/aromatic N) is 4. The number of rotatable bonds is 6. The number of furan rings is 1. The maximum Gasteiger partial charge on any atom is 0.289 e. The normalized spacial score (nSPS) is 14.0. The summed E-state index contributed by atoms with van der Waals surface area (Å²) in [5, 5.41) is 3.22. The molecule has 8 nitrogen and oxygen atoms in total. The quantitative estimate of drug-likeness (QED) is 0.689. The Balaban J connectivity index is 1.37. The molecule has 0 spiro atoms. The third kappa shape index (κ3) is 4.48. The Kier molecular flexibility index (Phi) is 5.60. The lowest BCUT2D eigenvalue weighted by atomic mass is 10.3. The number of carbonyl (C=O) groups is 1. The second-order valence-electron chi connectivity index (χ2n) is 6.58. The van der Waals surface area contributed by atoms with Crippen LogP contribution in [-0.4, -0.2) is 53.6 Å². The molecule has 0 saturated carbocycles. The second kappa shape index (κ2) is 8.64. The predicted octanol–water partition coefficient (Wildman–Crippen LogP) is 3.17. The summed E-state index contributed by atoms with van der Waals surface area (Å²) in [6, 6.07) is 13.0. The summed E-state index contributed by atoms with van der Waals surface area (Å²) < 4.78 is 10.7.